The molecule has 0 saturated carbocycles. The predicted octanol–water partition coefficient (Wildman–Crippen LogP) is 1.84. The van der Waals surface area contributed by atoms with Crippen molar-refractivity contribution in [3.63, 3.8) is 0 Å². The third-order valence-corrected chi connectivity index (χ3v) is 6.51. The standard InChI is InChI=1S/C25H28N3S.BrH/c1-26(2)18-9-7-17(8-10-18)25-21-13-11-19(27(3)4)15-23(21)29-24-16-20(28(5)6)12-14-22(24)25;/h7-16H,1-6H3;1H/q+1;/p-1. The van der Waals surface area contributed by atoms with Crippen LogP contribution in [0.3, 0.4) is 0 Å². The van der Waals surface area contributed by atoms with Crippen LogP contribution in [0.4, 0.5) is 11.4 Å². The van der Waals surface area contributed by atoms with Crippen LogP contribution in [0, 0.1) is 0 Å². The van der Waals surface area contributed by atoms with Gasteiger partial charge in [-0.15, -0.1) is 11.3 Å². The van der Waals surface area contributed by atoms with Crippen LogP contribution in [0.2, 0.25) is 0 Å². The Hall–Kier alpha value is -2.37. The summed E-state index contributed by atoms with van der Waals surface area (Å²) in [5, 5.41) is 2.54. The van der Waals surface area contributed by atoms with E-state index in [4.69, 9.17) is 0 Å². The first-order valence-corrected chi connectivity index (χ1v) is 10.6. The van der Waals surface area contributed by atoms with Gasteiger partial charge in [0.1, 0.15) is 14.1 Å². The zero-order chi connectivity index (χ0) is 20.7. The van der Waals surface area contributed by atoms with E-state index >= 15 is 0 Å². The first kappa shape index (κ1) is 22.3. The van der Waals surface area contributed by atoms with Gasteiger partial charge in [-0.05, 0) is 41.5 Å². The lowest BCUT2D eigenvalue weighted by Gasteiger charge is -2.19. The average Bonchev–Trinajstić information content (AvgIpc) is 2.71. The van der Waals surface area contributed by atoms with E-state index in [1.165, 1.54) is 48.4 Å². The molecule has 0 amide bonds. The topological polar surface area (TPSA) is 9.49 Å². The predicted molar refractivity (Wildman–Crippen MR) is 130 cm³/mol. The van der Waals surface area contributed by atoms with Crippen LogP contribution in [-0.2, 0) is 0 Å². The number of benzene rings is 3. The molecule has 3 nitrogen and oxygen atoms in total. The molecular weight excluding hydrogens is 454 g/mol. The molecule has 0 aromatic heterocycles. The van der Waals surface area contributed by atoms with E-state index in [9.17, 15) is 0 Å². The molecule has 2 aromatic carbocycles. The lowest BCUT2D eigenvalue weighted by atomic mass is 9.95. The van der Waals surface area contributed by atoms with Gasteiger partial charge in [-0.25, -0.2) is 4.58 Å². The first-order valence-electron chi connectivity index (χ1n) is 9.81. The number of halogens is 1. The van der Waals surface area contributed by atoms with Crippen molar-refractivity contribution in [2.75, 3.05) is 52.1 Å². The molecule has 156 valence electrons. The molecule has 0 saturated heterocycles. The highest BCUT2D eigenvalue weighted by Gasteiger charge is 2.17. The summed E-state index contributed by atoms with van der Waals surface area (Å²) in [5.41, 5.74) is 6.32. The summed E-state index contributed by atoms with van der Waals surface area (Å²) in [6, 6.07) is 22.5. The Labute approximate surface area is 193 Å². The molecule has 0 N–H and O–H groups in total. The van der Waals surface area contributed by atoms with Gasteiger partial charge in [0.05, 0.1) is 0 Å². The summed E-state index contributed by atoms with van der Waals surface area (Å²) in [7, 11) is 12.5. The molecule has 0 fully saturated rings. The second-order valence-electron chi connectivity index (χ2n) is 8.07. The number of anilines is 2. The van der Waals surface area contributed by atoms with E-state index in [0.29, 0.717) is 0 Å². The average molecular weight is 482 g/mol. The summed E-state index contributed by atoms with van der Waals surface area (Å²) < 4.78 is 3.48. The van der Waals surface area contributed by atoms with E-state index in [1.807, 2.05) is 11.3 Å². The maximum absolute atomic E-state index is 2.31. The quantitative estimate of drug-likeness (QED) is 0.326. The SMILES string of the molecule is CN(C)c1ccc(-c2c3ccc(=[N+](C)C)cc-3sc3cc(N(C)C)ccc23)cc1.[Br-]. The van der Waals surface area contributed by atoms with E-state index < -0.39 is 0 Å². The minimum atomic E-state index is 0. The highest BCUT2D eigenvalue weighted by molar-refractivity contribution is 7.21. The molecule has 0 radical (unpaired) electrons. The summed E-state index contributed by atoms with van der Waals surface area (Å²) in [6.07, 6.45) is 0. The van der Waals surface area contributed by atoms with Crippen molar-refractivity contribution in [2.45, 2.75) is 0 Å². The Balaban J connectivity index is 0.00000256. The molecule has 2 aromatic rings. The van der Waals surface area contributed by atoms with Gasteiger partial charge in [0.15, 0.2) is 0 Å². The monoisotopic (exact) mass is 481 g/mol. The molecule has 0 bridgehead atoms. The fourth-order valence-electron chi connectivity index (χ4n) is 3.66. The van der Waals surface area contributed by atoms with E-state index in [-0.39, 0.29) is 17.0 Å². The molecule has 5 heteroatoms. The number of fused-ring (bicyclic) bond motifs is 2. The first-order chi connectivity index (χ1) is 13.8. The van der Waals surface area contributed by atoms with Crippen molar-refractivity contribution >= 4 is 32.8 Å². The van der Waals surface area contributed by atoms with Crippen molar-refractivity contribution in [3.05, 3.63) is 66.0 Å². The van der Waals surface area contributed by atoms with Crippen molar-refractivity contribution in [2.24, 2.45) is 0 Å². The van der Waals surface area contributed by atoms with Crippen LogP contribution in [0.5, 0.6) is 0 Å². The molecule has 2 aliphatic rings. The van der Waals surface area contributed by atoms with Crippen molar-refractivity contribution in [3.8, 4) is 21.6 Å². The molecule has 1 heterocycles. The lowest BCUT2D eigenvalue weighted by Crippen LogP contribution is -3.00. The third-order valence-electron chi connectivity index (χ3n) is 5.39. The minimum absolute atomic E-state index is 0. The second-order valence-corrected chi connectivity index (χ2v) is 9.15. The molecule has 0 spiro atoms. The lowest BCUT2D eigenvalue weighted by molar-refractivity contribution is -0.00000580. The highest BCUT2D eigenvalue weighted by Crippen LogP contribution is 2.43. The second kappa shape index (κ2) is 8.78. The van der Waals surface area contributed by atoms with Crippen LogP contribution < -0.4 is 36.7 Å². The number of hydrogen-bond donors (Lipinski definition) is 0. The number of rotatable bonds is 3. The normalized spacial score (nSPS) is 10.7. The number of nitrogens with zero attached hydrogens (tertiary/aromatic N) is 3. The van der Waals surface area contributed by atoms with Gasteiger partial charge in [-0.1, -0.05) is 18.2 Å². The Kier molecular flexibility index (Phi) is 6.53. The van der Waals surface area contributed by atoms with Gasteiger partial charge < -0.3 is 26.8 Å². The maximum Gasteiger partial charge on any atom is 0.200 e. The zero-order valence-electron chi connectivity index (χ0n) is 18.4. The van der Waals surface area contributed by atoms with Crippen LogP contribution in [0.25, 0.3) is 31.7 Å². The van der Waals surface area contributed by atoms with E-state index in [0.717, 1.165) is 0 Å². The summed E-state index contributed by atoms with van der Waals surface area (Å²) >= 11 is 1.87. The minimum Gasteiger partial charge on any atom is -1.00 e. The molecule has 0 unspecified atom stereocenters. The molecule has 1 aliphatic carbocycles. The molecular formula is C25H28BrN3S. The Morgan fingerprint density at radius 2 is 1.37 bits per heavy atom. The summed E-state index contributed by atoms with van der Waals surface area (Å²) in [4.78, 5) is 5.61. The summed E-state index contributed by atoms with van der Waals surface area (Å²) in [5.74, 6) is 0. The van der Waals surface area contributed by atoms with Gasteiger partial charge in [0.25, 0.3) is 0 Å². The molecule has 30 heavy (non-hydrogen) atoms. The van der Waals surface area contributed by atoms with Crippen LogP contribution in [0.15, 0.2) is 60.7 Å². The van der Waals surface area contributed by atoms with Crippen LogP contribution >= 0.6 is 11.3 Å². The largest absolute Gasteiger partial charge is 1.00 e. The smallest absolute Gasteiger partial charge is 0.200 e. The van der Waals surface area contributed by atoms with Gasteiger partial charge >= 0.3 is 0 Å². The van der Waals surface area contributed by atoms with E-state index in [2.05, 4.69) is 117 Å². The van der Waals surface area contributed by atoms with Crippen molar-refractivity contribution in [1.82, 2.24) is 4.58 Å². The maximum atomic E-state index is 2.31. The third kappa shape index (κ3) is 4.09. The fourth-order valence-corrected chi connectivity index (χ4v) is 4.82. The Bertz CT molecular complexity index is 1220. The summed E-state index contributed by atoms with van der Waals surface area (Å²) in [6.45, 7) is 0. The molecule has 1 aliphatic heterocycles. The van der Waals surface area contributed by atoms with Gasteiger partial charge in [-0.3, -0.25) is 0 Å². The van der Waals surface area contributed by atoms with Crippen LogP contribution in [-0.4, -0.2) is 42.3 Å². The molecule has 0 atom stereocenters. The number of hydrogen-bond acceptors (Lipinski definition) is 3. The Morgan fingerprint density at radius 3 is 1.97 bits per heavy atom. The van der Waals surface area contributed by atoms with Crippen molar-refractivity contribution in [1.29, 1.82) is 0 Å². The molecule has 4 rings (SSSR count). The zero-order valence-corrected chi connectivity index (χ0v) is 20.8. The van der Waals surface area contributed by atoms with E-state index in [1.54, 1.807) is 0 Å². The Morgan fingerprint density at radius 1 is 0.733 bits per heavy atom. The van der Waals surface area contributed by atoms with Gasteiger partial charge in [-0.2, -0.15) is 0 Å². The van der Waals surface area contributed by atoms with Gasteiger partial charge in [0, 0.05) is 72.2 Å². The fraction of sp³-hybridized carbons (Fsp3) is 0.240. The highest BCUT2D eigenvalue weighted by atomic mass is 79.9. The van der Waals surface area contributed by atoms with Crippen molar-refractivity contribution < 1.29 is 17.0 Å². The van der Waals surface area contributed by atoms with Gasteiger partial charge in [0.2, 0.25) is 5.36 Å². The van der Waals surface area contributed by atoms with Crippen LogP contribution in [0.1, 0.15) is 0 Å².